The minimum atomic E-state index is 0.0282. The molecular formula is C13H20N2OS2. The van der Waals surface area contributed by atoms with Crippen LogP contribution in [0.2, 0.25) is 0 Å². The van der Waals surface area contributed by atoms with Gasteiger partial charge in [-0.2, -0.15) is 0 Å². The SMILES string of the molecule is CN1CCC(C)(CNC(=O)c2cc(S)cs2)CC1. The average molecular weight is 284 g/mol. The number of likely N-dealkylation sites (tertiary alicyclic amines) is 1. The number of carbonyl (C=O) groups excluding carboxylic acids is 1. The third-order valence-corrected chi connectivity index (χ3v) is 5.04. The van der Waals surface area contributed by atoms with E-state index in [1.807, 2.05) is 11.4 Å². The van der Waals surface area contributed by atoms with Gasteiger partial charge in [0.1, 0.15) is 0 Å². The van der Waals surface area contributed by atoms with Crippen molar-refractivity contribution in [2.75, 3.05) is 26.7 Å². The van der Waals surface area contributed by atoms with Crippen LogP contribution in [0.4, 0.5) is 0 Å². The van der Waals surface area contributed by atoms with E-state index in [2.05, 4.69) is 36.8 Å². The van der Waals surface area contributed by atoms with Crippen molar-refractivity contribution < 1.29 is 4.79 Å². The molecule has 0 aliphatic carbocycles. The molecule has 0 bridgehead atoms. The molecule has 1 aliphatic heterocycles. The van der Waals surface area contributed by atoms with Gasteiger partial charge in [0.2, 0.25) is 0 Å². The summed E-state index contributed by atoms with van der Waals surface area (Å²) in [4.78, 5) is 15.9. The Hall–Kier alpha value is -0.520. The number of rotatable bonds is 3. The first-order chi connectivity index (χ1) is 8.48. The van der Waals surface area contributed by atoms with Gasteiger partial charge in [-0.25, -0.2) is 0 Å². The highest BCUT2D eigenvalue weighted by atomic mass is 32.1. The molecule has 1 amide bonds. The molecule has 3 nitrogen and oxygen atoms in total. The second kappa shape index (κ2) is 5.63. The van der Waals surface area contributed by atoms with Crippen molar-refractivity contribution in [3.8, 4) is 0 Å². The lowest BCUT2D eigenvalue weighted by atomic mass is 9.80. The highest BCUT2D eigenvalue weighted by molar-refractivity contribution is 7.80. The van der Waals surface area contributed by atoms with Gasteiger partial charge in [0.25, 0.3) is 5.91 Å². The highest BCUT2D eigenvalue weighted by Crippen LogP contribution is 2.29. The Morgan fingerprint density at radius 3 is 2.78 bits per heavy atom. The number of nitrogens with one attached hydrogen (secondary N) is 1. The summed E-state index contributed by atoms with van der Waals surface area (Å²) in [5.41, 5.74) is 0.239. The first-order valence-corrected chi connectivity index (χ1v) is 7.55. The van der Waals surface area contributed by atoms with E-state index in [4.69, 9.17) is 0 Å². The molecule has 0 aromatic carbocycles. The van der Waals surface area contributed by atoms with Crippen LogP contribution >= 0.6 is 24.0 Å². The topological polar surface area (TPSA) is 32.3 Å². The summed E-state index contributed by atoms with van der Waals surface area (Å²) in [7, 11) is 2.15. The maximum atomic E-state index is 12.0. The largest absolute Gasteiger partial charge is 0.351 e. The Labute approximate surface area is 118 Å². The van der Waals surface area contributed by atoms with Crippen LogP contribution in [0.5, 0.6) is 0 Å². The summed E-state index contributed by atoms with van der Waals surface area (Å²) < 4.78 is 0. The van der Waals surface area contributed by atoms with Gasteiger partial charge in [-0.05, 0) is 44.5 Å². The maximum Gasteiger partial charge on any atom is 0.261 e. The van der Waals surface area contributed by atoms with E-state index in [1.165, 1.54) is 11.3 Å². The number of hydrogen-bond donors (Lipinski definition) is 2. The predicted molar refractivity (Wildman–Crippen MR) is 78.7 cm³/mol. The second-order valence-corrected chi connectivity index (χ2v) is 6.89. The smallest absolute Gasteiger partial charge is 0.261 e. The zero-order valence-corrected chi connectivity index (χ0v) is 12.6. The molecule has 1 aromatic rings. The zero-order chi connectivity index (χ0) is 13.2. The van der Waals surface area contributed by atoms with Gasteiger partial charge in [-0.15, -0.1) is 24.0 Å². The van der Waals surface area contributed by atoms with Gasteiger partial charge >= 0.3 is 0 Å². The van der Waals surface area contributed by atoms with Gasteiger partial charge in [0, 0.05) is 16.8 Å². The first kappa shape index (κ1) is 13.9. The zero-order valence-electron chi connectivity index (χ0n) is 10.9. The van der Waals surface area contributed by atoms with Gasteiger partial charge in [0.15, 0.2) is 0 Å². The average Bonchev–Trinajstić information content (AvgIpc) is 2.77. The van der Waals surface area contributed by atoms with Crippen molar-refractivity contribution in [1.82, 2.24) is 10.2 Å². The molecule has 100 valence electrons. The number of piperidine rings is 1. The van der Waals surface area contributed by atoms with E-state index < -0.39 is 0 Å². The van der Waals surface area contributed by atoms with E-state index >= 15 is 0 Å². The monoisotopic (exact) mass is 284 g/mol. The molecular weight excluding hydrogens is 264 g/mol. The lowest BCUT2D eigenvalue weighted by Gasteiger charge is -2.37. The quantitative estimate of drug-likeness (QED) is 0.836. The Kier molecular flexibility index (Phi) is 4.35. The van der Waals surface area contributed by atoms with E-state index in [-0.39, 0.29) is 11.3 Å². The van der Waals surface area contributed by atoms with Crippen molar-refractivity contribution >= 4 is 29.9 Å². The fourth-order valence-corrected chi connectivity index (χ4v) is 3.23. The van der Waals surface area contributed by atoms with Crippen molar-refractivity contribution in [3.05, 3.63) is 16.3 Å². The first-order valence-electron chi connectivity index (χ1n) is 6.23. The molecule has 1 fully saturated rings. The van der Waals surface area contributed by atoms with E-state index in [9.17, 15) is 4.79 Å². The van der Waals surface area contributed by atoms with Crippen LogP contribution in [0.1, 0.15) is 29.4 Å². The predicted octanol–water partition coefficient (Wildman–Crippen LogP) is 2.50. The lowest BCUT2D eigenvalue weighted by Crippen LogP contribution is -2.43. The molecule has 0 unspecified atom stereocenters. The minimum absolute atomic E-state index is 0.0282. The fraction of sp³-hybridized carbons (Fsp3) is 0.615. The van der Waals surface area contributed by atoms with Crippen LogP contribution in [0.25, 0.3) is 0 Å². The number of carbonyl (C=O) groups is 1. The summed E-state index contributed by atoms with van der Waals surface area (Å²) >= 11 is 5.67. The van der Waals surface area contributed by atoms with Crippen LogP contribution in [0, 0.1) is 5.41 Å². The Morgan fingerprint density at radius 1 is 1.56 bits per heavy atom. The minimum Gasteiger partial charge on any atom is -0.351 e. The summed E-state index contributed by atoms with van der Waals surface area (Å²) in [6, 6.07) is 1.82. The molecule has 1 saturated heterocycles. The van der Waals surface area contributed by atoms with Crippen LogP contribution < -0.4 is 5.32 Å². The number of hydrogen-bond acceptors (Lipinski definition) is 4. The molecule has 0 radical (unpaired) electrons. The molecule has 0 spiro atoms. The molecule has 5 heteroatoms. The summed E-state index contributed by atoms with van der Waals surface area (Å²) in [6.45, 7) is 5.26. The van der Waals surface area contributed by atoms with Crippen LogP contribution in [-0.4, -0.2) is 37.5 Å². The molecule has 1 aliphatic rings. The number of amides is 1. The summed E-state index contributed by atoms with van der Waals surface area (Å²) in [5.74, 6) is 0.0282. The van der Waals surface area contributed by atoms with E-state index in [0.717, 1.165) is 42.2 Å². The van der Waals surface area contributed by atoms with Crippen molar-refractivity contribution in [3.63, 3.8) is 0 Å². The van der Waals surface area contributed by atoms with Crippen LogP contribution in [0.3, 0.4) is 0 Å². The number of nitrogens with zero attached hydrogens (tertiary/aromatic N) is 1. The third kappa shape index (κ3) is 3.49. The molecule has 2 heterocycles. The van der Waals surface area contributed by atoms with E-state index in [1.54, 1.807) is 0 Å². The standard InChI is InChI=1S/C13H20N2OS2/c1-13(3-5-15(2)6-4-13)9-14-12(16)11-7-10(17)8-18-11/h7-8,17H,3-6,9H2,1-2H3,(H,14,16). The number of thiol groups is 1. The normalized spacial score (nSPS) is 19.7. The Balaban J connectivity index is 1.86. The molecule has 0 atom stereocenters. The fourth-order valence-electron chi connectivity index (χ4n) is 2.16. The third-order valence-electron chi connectivity index (χ3n) is 3.68. The van der Waals surface area contributed by atoms with Gasteiger partial charge in [-0.3, -0.25) is 4.79 Å². The molecule has 2 rings (SSSR count). The Morgan fingerprint density at radius 2 is 2.22 bits per heavy atom. The van der Waals surface area contributed by atoms with Crippen LogP contribution in [-0.2, 0) is 0 Å². The molecule has 18 heavy (non-hydrogen) atoms. The lowest BCUT2D eigenvalue weighted by molar-refractivity contribution is 0.0895. The van der Waals surface area contributed by atoms with E-state index in [0.29, 0.717) is 0 Å². The molecule has 0 saturated carbocycles. The summed E-state index contributed by atoms with van der Waals surface area (Å²) in [6.07, 6.45) is 2.29. The molecule has 1 N–H and O–H groups in total. The van der Waals surface area contributed by atoms with Crippen molar-refractivity contribution in [2.45, 2.75) is 24.7 Å². The maximum absolute atomic E-state index is 12.0. The van der Waals surface area contributed by atoms with Crippen molar-refractivity contribution in [2.24, 2.45) is 5.41 Å². The van der Waals surface area contributed by atoms with Gasteiger partial charge < -0.3 is 10.2 Å². The molecule has 1 aromatic heterocycles. The highest BCUT2D eigenvalue weighted by Gasteiger charge is 2.29. The van der Waals surface area contributed by atoms with Gasteiger partial charge in [0.05, 0.1) is 4.88 Å². The Bertz CT molecular complexity index is 422. The number of thiophene rings is 1. The van der Waals surface area contributed by atoms with Crippen LogP contribution in [0.15, 0.2) is 16.3 Å². The van der Waals surface area contributed by atoms with Gasteiger partial charge in [-0.1, -0.05) is 6.92 Å². The van der Waals surface area contributed by atoms with Crippen molar-refractivity contribution in [1.29, 1.82) is 0 Å². The second-order valence-electron chi connectivity index (χ2n) is 5.47. The summed E-state index contributed by atoms with van der Waals surface area (Å²) in [5, 5.41) is 4.94.